The lowest BCUT2D eigenvalue weighted by atomic mass is 10.1. The quantitative estimate of drug-likeness (QED) is 0.523. The molecule has 0 radical (unpaired) electrons. The number of ether oxygens (including phenoxy) is 1. The summed E-state index contributed by atoms with van der Waals surface area (Å²) in [5, 5.41) is 10.8. The molecule has 0 aliphatic carbocycles. The highest BCUT2D eigenvalue weighted by molar-refractivity contribution is 6.31. The molecule has 4 aromatic rings. The van der Waals surface area contributed by atoms with E-state index in [0.717, 1.165) is 5.69 Å². The lowest BCUT2D eigenvalue weighted by molar-refractivity contribution is 0.0993. The highest BCUT2D eigenvalue weighted by Crippen LogP contribution is 2.26. The molecule has 8 nitrogen and oxygen atoms in total. The maximum absolute atomic E-state index is 12.9. The van der Waals surface area contributed by atoms with Crippen molar-refractivity contribution in [2.45, 2.75) is 6.61 Å². The van der Waals surface area contributed by atoms with E-state index in [-0.39, 0.29) is 18.3 Å². The summed E-state index contributed by atoms with van der Waals surface area (Å²) in [6, 6.07) is 16.1. The standard InChI is InChI=1S/C20H17ClN6O2/c1-27(14-5-3-2-4-6-14)20(28)12-7-8-15(21)13(9-12)11-29-16-10-17(22)23-19-18(16)24-26-25-19/h2-10H,11H2,1H3,(H3,22,23,24,25,26). The van der Waals surface area contributed by atoms with Crippen LogP contribution in [-0.4, -0.2) is 33.3 Å². The number of benzene rings is 2. The topological polar surface area (TPSA) is 110 Å². The number of H-pyrrole nitrogens is 1. The van der Waals surface area contributed by atoms with Crippen LogP contribution in [0.5, 0.6) is 5.75 Å². The van der Waals surface area contributed by atoms with E-state index in [1.165, 1.54) is 0 Å². The van der Waals surface area contributed by atoms with Gasteiger partial charge < -0.3 is 15.4 Å². The number of halogens is 1. The number of nitrogen functional groups attached to an aromatic ring is 1. The highest BCUT2D eigenvalue weighted by atomic mass is 35.5. The number of hydrogen-bond acceptors (Lipinski definition) is 6. The molecule has 0 bridgehead atoms. The summed E-state index contributed by atoms with van der Waals surface area (Å²) in [4.78, 5) is 18.5. The van der Waals surface area contributed by atoms with Crippen LogP contribution >= 0.6 is 11.6 Å². The number of carbonyl (C=O) groups is 1. The molecule has 0 aliphatic heterocycles. The maximum atomic E-state index is 12.9. The molecule has 0 atom stereocenters. The molecule has 0 aliphatic rings. The molecule has 9 heteroatoms. The van der Waals surface area contributed by atoms with E-state index in [9.17, 15) is 4.79 Å². The molecule has 0 fully saturated rings. The van der Waals surface area contributed by atoms with Gasteiger partial charge in [0, 0.05) is 35.0 Å². The van der Waals surface area contributed by atoms with Crippen LogP contribution in [0.3, 0.4) is 0 Å². The Bertz CT molecular complexity index is 1180. The molecule has 0 unspecified atom stereocenters. The SMILES string of the molecule is CN(C(=O)c1ccc(Cl)c(COc2cc(N)nc3[nH]nnc23)c1)c1ccccc1. The fraction of sp³-hybridized carbons (Fsp3) is 0.100. The summed E-state index contributed by atoms with van der Waals surface area (Å²) in [5.41, 5.74) is 8.64. The third-order valence-corrected chi connectivity index (χ3v) is 4.78. The molecule has 146 valence electrons. The van der Waals surface area contributed by atoms with Crippen molar-refractivity contribution in [1.29, 1.82) is 0 Å². The minimum Gasteiger partial charge on any atom is -0.486 e. The first-order chi connectivity index (χ1) is 14.0. The molecular formula is C20H17ClN6O2. The maximum Gasteiger partial charge on any atom is 0.258 e. The Morgan fingerprint density at radius 3 is 2.79 bits per heavy atom. The Morgan fingerprint density at radius 2 is 2.00 bits per heavy atom. The van der Waals surface area contributed by atoms with Gasteiger partial charge in [-0.3, -0.25) is 4.79 Å². The lowest BCUT2D eigenvalue weighted by Crippen LogP contribution is -2.26. The smallest absolute Gasteiger partial charge is 0.258 e. The number of aromatic amines is 1. The normalized spacial score (nSPS) is 10.8. The molecule has 3 N–H and O–H groups in total. The van der Waals surface area contributed by atoms with Gasteiger partial charge in [-0.15, -0.1) is 5.10 Å². The summed E-state index contributed by atoms with van der Waals surface area (Å²) >= 11 is 6.32. The molecule has 2 aromatic carbocycles. The fourth-order valence-electron chi connectivity index (χ4n) is 2.88. The number of nitrogens with two attached hydrogens (primary N) is 1. The minimum absolute atomic E-state index is 0.125. The molecular weight excluding hydrogens is 392 g/mol. The predicted molar refractivity (Wildman–Crippen MR) is 111 cm³/mol. The van der Waals surface area contributed by atoms with E-state index in [2.05, 4.69) is 20.4 Å². The number of aromatic nitrogens is 4. The van der Waals surface area contributed by atoms with Crippen molar-refractivity contribution in [3.05, 3.63) is 70.7 Å². The number of carbonyl (C=O) groups excluding carboxylic acids is 1. The predicted octanol–water partition coefficient (Wildman–Crippen LogP) is 3.44. The molecule has 29 heavy (non-hydrogen) atoms. The Morgan fingerprint density at radius 1 is 1.21 bits per heavy atom. The van der Waals surface area contributed by atoms with E-state index >= 15 is 0 Å². The van der Waals surface area contributed by atoms with E-state index in [4.69, 9.17) is 22.1 Å². The Labute approximate surface area is 171 Å². The molecule has 0 spiro atoms. The van der Waals surface area contributed by atoms with Gasteiger partial charge in [0.25, 0.3) is 5.91 Å². The van der Waals surface area contributed by atoms with Crippen LogP contribution in [0.25, 0.3) is 11.2 Å². The largest absolute Gasteiger partial charge is 0.486 e. The van der Waals surface area contributed by atoms with Crippen molar-refractivity contribution >= 4 is 40.2 Å². The van der Waals surface area contributed by atoms with Crippen molar-refractivity contribution in [1.82, 2.24) is 20.4 Å². The summed E-state index contributed by atoms with van der Waals surface area (Å²) < 4.78 is 5.85. The second-order valence-electron chi connectivity index (χ2n) is 6.35. The third-order valence-electron chi connectivity index (χ3n) is 4.41. The van der Waals surface area contributed by atoms with Crippen LogP contribution < -0.4 is 15.4 Å². The van der Waals surface area contributed by atoms with Crippen molar-refractivity contribution < 1.29 is 9.53 Å². The first-order valence-electron chi connectivity index (χ1n) is 8.74. The number of nitrogens with one attached hydrogen (secondary N) is 1. The molecule has 4 rings (SSSR count). The number of rotatable bonds is 5. The first kappa shape index (κ1) is 18.7. The lowest BCUT2D eigenvalue weighted by Gasteiger charge is -2.18. The minimum atomic E-state index is -0.152. The summed E-state index contributed by atoms with van der Waals surface area (Å²) in [5.74, 6) is 0.551. The molecule has 1 amide bonds. The average Bonchev–Trinajstić information content (AvgIpc) is 3.21. The Balaban J connectivity index is 1.57. The van der Waals surface area contributed by atoms with Crippen molar-refractivity contribution in [2.24, 2.45) is 0 Å². The fourth-order valence-corrected chi connectivity index (χ4v) is 3.05. The number of para-hydroxylation sites is 1. The van der Waals surface area contributed by atoms with Crippen molar-refractivity contribution in [3.63, 3.8) is 0 Å². The van der Waals surface area contributed by atoms with Crippen LogP contribution in [0.4, 0.5) is 11.5 Å². The van der Waals surface area contributed by atoms with Crippen molar-refractivity contribution in [3.8, 4) is 5.75 Å². The Hall–Kier alpha value is -3.65. The third kappa shape index (κ3) is 3.83. The zero-order valence-corrected chi connectivity index (χ0v) is 16.2. The number of nitrogens with zero attached hydrogens (tertiary/aromatic N) is 4. The van der Waals surface area contributed by atoms with E-state index in [1.807, 2.05) is 30.3 Å². The number of hydrogen-bond donors (Lipinski definition) is 2. The second-order valence-corrected chi connectivity index (χ2v) is 6.76. The highest BCUT2D eigenvalue weighted by Gasteiger charge is 2.16. The number of fused-ring (bicyclic) bond motifs is 1. The van der Waals surface area contributed by atoms with Gasteiger partial charge in [-0.05, 0) is 30.3 Å². The van der Waals surface area contributed by atoms with Gasteiger partial charge in [0.1, 0.15) is 12.4 Å². The summed E-state index contributed by atoms with van der Waals surface area (Å²) in [7, 11) is 1.73. The monoisotopic (exact) mass is 408 g/mol. The van der Waals surface area contributed by atoms with Gasteiger partial charge in [0.2, 0.25) is 0 Å². The zero-order chi connectivity index (χ0) is 20.4. The molecule has 2 heterocycles. The first-order valence-corrected chi connectivity index (χ1v) is 9.12. The van der Waals surface area contributed by atoms with Gasteiger partial charge in [0.05, 0.1) is 0 Å². The van der Waals surface area contributed by atoms with Crippen LogP contribution in [0, 0.1) is 0 Å². The van der Waals surface area contributed by atoms with E-state index in [1.54, 1.807) is 36.2 Å². The van der Waals surface area contributed by atoms with Gasteiger partial charge in [-0.1, -0.05) is 35.0 Å². The van der Waals surface area contributed by atoms with Crippen LogP contribution in [-0.2, 0) is 6.61 Å². The van der Waals surface area contributed by atoms with Crippen LogP contribution in [0.15, 0.2) is 54.6 Å². The Kier molecular flexibility index (Phi) is 5.01. The van der Waals surface area contributed by atoms with Gasteiger partial charge in [-0.25, -0.2) is 10.1 Å². The summed E-state index contributed by atoms with van der Waals surface area (Å²) in [6.07, 6.45) is 0. The van der Waals surface area contributed by atoms with Gasteiger partial charge >= 0.3 is 0 Å². The van der Waals surface area contributed by atoms with E-state index < -0.39 is 0 Å². The summed E-state index contributed by atoms with van der Waals surface area (Å²) in [6.45, 7) is 0.125. The number of amides is 1. The molecule has 2 aromatic heterocycles. The van der Waals surface area contributed by atoms with Crippen LogP contribution in [0.2, 0.25) is 5.02 Å². The molecule has 0 saturated heterocycles. The number of pyridine rings is 1. The van der Waals surface area contributed by atoms with Crippen molar-refractivity contribution in [2.75, 3.05) is 17.7 Å². The average molecular weight is 409 g/mol. The van der Waals surface area contributed by atoms with Crippen LogP contribution in [0.1, 0.15) is 15.9 Å². The second kappa shape index (κ2) is 7.76. The molecule has 0 saturated carbocycles. The number of anilines is 2. The van der Waals surface area contributed by atoms with E-state index in [0.29, 0.717) is 33.1 Å². The van der Waals surface area contributed by atoms with Gasteiger partial charge in [0.15, 0.2) is 16.9 Å². The zero-order valence-electron chi connectivity index (χ0n) is 15.5. The van der Waals surface area contributed by atoms with Gasteiger partial charge in [-0.2, -0.15) is 0 Å².